The van der Waals surface area contributed by atoms with Crippen LogP contribution in [0.15, 0.2) is 29.6 Å². The van der Waals surface area contributed by atoms with Gasteiger partial charge in [-0.1, -0.05) is 12.8 Å². The van der Waals surface area contributed by atoms with Crippen molar-refractivity contribution in [2.75, 3.05) is 5.01 Å². The van der Waals surface area contributed by atoms with Crippen LogP contribution >= 0.6 is 0 Å². The zero-order chi connectivity index (χ0) is 11.7. The third-order valence-corrected chi connectivity index (χ3v) is 3.53. The lowest BCUT2D eigenvalue weighted by Gasteiger charge is -2.10. The molecule has 1 aliphatic heterocycles. The van der Waals surface area contributed by atoms with Gasteiger partial charge in [0.2, 0.25) is 0 Å². The summed E-state index contributed by atoms with van der Waals surface area (Å²) in [6, 6.07) is 3.64. The maximum absolute atomic E-state index is 11.9. The third-order valence-electron chi connectivity index (χ3n) is 3.53. The lowest BCUT2D eigenvalue weighted by molar-refractivity contribution is -0.116. The van der Waals surface area contributed by atoms with Crippen LogP contribution in [0.5, 0.6) is 0 Å². The Labute approximate surface area is 100 Å². The number of carbonyl (C=O) groups excluding carboxylic acids is 1. The highest BCUT2D eigenvalue weighted by atomic mass is 16.2. The second-order valence-electron chi connectivity index (χ2n) is 4.66. The lowest BCUT2D eigenvalue weighted by Crippen LogP contribution is -2.19. The molecular formula is C13H15N3O. The molecule has 1 aliphatic carbocycles. The Kier molecular flexibility index (Phi) is 2.63. The Balaban J connectivity index is 1.84. The van der Waals surface area contributed by atoms with E-state index in [9.17, 15) is 4.79 Å². The number of rotatable bonds is 2. The number of carbonyl (C=O) groups is 1. The van der Waals surface area contributed by atoms with E-state index in [1.807, 2.05) is 12.1 Å². The first-order valence-electron chi connectivity index (χ1n) is 6.15. The fourth-order valence-corrected chi connectivity index (χ4v) is 2.62. The molecule has 1 aromatic heterocycles. The normalized spacial score (nSPS) is 21.1. The maximum atomic E-state index is 11.9. The van der Waals surface area contributed by atoms with Crippen LogP contribution in [0.25, 0.3) is 0 Å². The summed E-state index contributed by atoms with van der Waals surface area (Å²) in [4.78, 5) is 15.9. The predicted molar refractivity (Wildman–Crippen MR) is 65.7 cm³/mol. The molecule has 4 nitrogen and oxygen atoms in total. The summed E-state index contributed by atoms with van der Waals surface area (Å²) < 4.78 is 0. The van der Waals surface area contributed by atoms with Crippen LogP contribution in [0.4, 0.5) is 5.69 Å². The molecule has 3 rings (SSSR count). The molecule has 2 aliphatic rings. The summed E-state index contributed by atoms with van der Waals surface area (Å²) in [6.45, 7) is 0. The molecule has 17 heavy (non-hydrogen) atoms. The van der Waals surface area contributed by atoms with E-state index in [-0.39, 0.29) is 5.91 Å². The predicted octanol–water partition coefficient (Wildman–Crippen LogP) is 2.36. The molecule has 1 aromatic rings. The highest BCUT2D eigenvalue weighted by molar-refractivity contribution is 6.13. The molecule has 0 atom stereocenters. The molecule has 0 unspecified atom stereocenters. The summed E-state index contributed by atoms with van der Waals surface area (Å²) >= 11 is 0. The third kappa shape index (κ3) is 1.95. The average molecular weight is 229 g/mol. The summed E-state index contributed by atoms with van der Waals surface area (Å²) in [7, 11) is 0. The fourth-order valence-electron chi connectivity index (χ4n) is 2.62. The van der Waals surface area contributed by atoms with E-state index in [1.165, 1.54) is 30.7 Å². The van der Waals surface area contributed by atoms with Crippen LogP contribution < -0.4 is 5.01 Å². The molecule has 4 heteroatoms. The van der Waals surface area contributed by atoms with Crippen LogP contribution in [-0.4, -0.2) is 16.6 Å². The van der Waals surface area contributed by atoms with Crippen LogP contribution in [0.1, 0.15) is 32.1 Å². The summed E-state index contributed by atoms with van der Waals surface area (Å²) in [5, 5.41) is 6.02. The van der Waals surface area contributed by atoms with Gasteiger partial charge in [-0.15, -0.1) is 0 Å². The first-order valence-corrected chi connectivity index (χ1v) is 6.15. The quantitative estimate of drug-likeness (QED) is 0.781. The Hall–Kier alpha value is -1.71. The standard InChI is InChI=1S/C13H15N3O/c17-13-9-12(10-3-1-2-4-10)15-16(13)11-5-7-14-8-6-11/h5-8,10H,1-4,9H2. The number of pyridine rings is 1. The van der Waals surface area contributed by atoms with E-state index in [4.69, 9.17) is 0 Å². The van der Waals surface area contributed by atoms with Crippen LogP contribution in [-0.2, 0) is 4.79 Å². The van der Waals surface area contributed by atoms with E-state index in [2.05, 4.69) is 10.1 Å². The van der Waals surface area contributed by atoms with Crippen molar-refractivity contribution in [1.82, 2.24) is 4.98 Å². The van der Waals surface area contributed by atoms with Crippen molar-refractivity contribution in [2.45, 2.75) is 32.1 Å². The minimum atomic E-state index is 0.0816. The summed E-state index contributed by atoms with van der Waals surface area (Å²) in [5.41, 5.74) is 1.89. The monoisotopic (exact) mass is 229 g/mol. The van der Waals surface area contributed by atoms with Crippen LogP contribution in [0.3, 0.4) is 0 Å². The molecular weight excluding hydrogens is 214 g/mol. The fraction of sp³-hybridized carbons (Fsp3) is 0.462. The zero-order valence-corrected chi connectivity index (χ0v) is 9.67. The highest BCUT2D eigenvalue weighted by Gasteiger charge is 2.31. The van der Waals surface area contributed by atoms with Crippen LogP contribution in [0.2, 0.25) is 0 Å². The van der Waals surface area contributed by atoms with Gasteiger partial charge in [0.1, 0.15) is 0 Å². The summed E-state index contributed by atoms with van der Waals surface area (Å²) in [5.74, 6) is 0.615. The topological polar surface area (TPSA) is 45.6 Å². The SMILES string of the molecule is O=C1CC(C2CCCC2)=NN1c1ccncc1. The Bertz CT molecular complexity index is 449. The number of hydrogen-bond donors (Lipinski definition) is 0. The van der Waals surface area contributed by atoms with Gasteiger partial charge in [-0.05, 0) is 30.9 Å². The highest BCUT2D eigenvalue weighted by Crippen LogP contribution is 2.31. The smallest absolute Gasteiger partial charge is 0.253 e. The van der Waals surface area contributed by atoms with Gasteiger partial charge >= 0.3 is 0 Å². The molecule has 0 radical (unpaired) electrons. The number of amides is 1. The number of hydrazone groups is 1. The molecule has 88 valence electrons. The van der Waals surface area contributed by atoms with Gasteiger partial charge in [0, 0.05) is 12.4 Å². The van der Waals surface area contributed by atoms with Crippen molar-refractivity contribution >= 4 is 17.3 Å². The van der Waals surface area contributed by atoms with Crippen molar-refractivity contribution in [2.24, 2.45) is 11.0 Å². The Morgan fingerprint density at radius 2 is 1.88 bits per heavy atom. The number of aromatic nitrogens is 1. The van der Waals surface area contributed by atoms with Crippen molar-refractivity contribution in [3.63, 3.8) is 0 Å². The van der Waals surface area contributed by atoms with Crippen molar-refractivity contribution < 1.29 is 4.79 Å². The second kappa shape index (κ2) is 4.28. The van der Waals surface area contributed by atoms with E-state index >= 15 is 0 Å². The number of nitrogens with zero attached hydrogens (tertiary/aromatic N) is 3. The van der Waals surface area contributed by atoms with Gasteiger partial charge in [-0.3, -0.25) is 9.78 Å². The molecule has 0 saturated heterocycles. The van der Waals surface area contributed by atoms with E-state index in [0.717, 1.165) is 11.4 Å². The first kappa shape index (κ1) is 10.4. The van der Waals surface area contributed by atoms with E-state index in [0.29, 0.717) is 12.3 Å². The Morgan fingerprint density at radius 1 is 1.18 bits per heavy atom. The Morgan fingerprint density at radius 3 is 2.59 bits per heavy atom. The summed E-state index contributed by atoms with van der Waals surface area (Å²) in [6.07, 6.45) is 8.79. The number of anilines is 1. The zero-order valence-electron chi connectivity index (χ0n) is 9.67. The first-order chi connectivity index (χ1) is 8.34. The molecule has 0 aromatic carbocycles. The van der Waals surface area contributed by atoms with Crippen LogP contribution in [0, 0.1) is 5.92 Å². The second-order valence-corrected chi connectivity index (χ2v) is 4.66. The van der Waals surface area contributed by atoms with Gasteiger partial charge in [0.05, 0.1) is 17.8 Å². The van der Waals surface area contributed by atoms with E-state index < -0.39 is 0 Å². The molecule has 1 saturated carbocycles. The molecule has 0 bridgehead atoms. The largest absolute Gasteiger partial charge is 0.272 e. The molecule has 1 fully saturated rings. The molecule has 0 spiro atoms. The minimum absolute atomic E-state index is 0.0816. The van der Waals surface area contributed by atoms with Crippen molar-refractivity contribution in [1.29, 1.82) is 0 Å². The average Bonchev–Trinajstić information content (AvgIpc) is 2.99. The van der Waals surface area contributed by atoms with Gasteiger partial charge in [-0.25, -0.2) is 5.01 Å². The number of hydrogen-bond acceptors (Lipinski definition) is 3. The molecule has 0 N–H and O–H groups in total. The van der Waals surface area contributed by atoms with Gasteiger partial charge < -0.3 is 0 Å². The molecule has 1 amide bonds. The van der Waals surface area contributed by atoms with Gasteiger partial charge in [0.15, 0.2) is 0 Å². The maximum Gasteiger partial charge on any atom is 0.253 e. The van der Waals surface area contributed by atoms with Crippen molar-refractivity contribution in [3.05, 3.63) is 24.5 Å². The molecule has 2 heterocycles. The van der Waals surface area contributed by atoms with Crippen molar-refractivity contribution in [3.8, 4) is 0 Å². The van der Waals surface area contributed by atoms with E-state index in [1.54, 1.807) is 12.4 Å². The van der Waals surface area contributed by atoms with Gasteiger partial charge in [0.25, 0.3) is 5.91 Å². The lowest BCUT2D eigenvalue weighted by atomic mass is 10.00. The van der Waals surface area contributed by atoms with Gasteiger partial charge in [-0.2, -0.15) is 5.10 Å². The minimum Gasteiger partial charge on any atom is -0.272 e.